The zero-order chi connectivity index (χ0) is 23.6. The van der Waals surface area contributed by atoms with E-state index in [4.69, 9.17) is 28.3 Å². The molecule has 0 spiro atoms. The fraction of sp³-hybridized carbons (Fsp3) is 0.261. The first-order chi connectivity index (χ1) is 15.2. The van der Waals surface area contributed by atoms with Gasteiger partial charge in [0, 0.05) is 27.7 Å². The van der Waals surface area contributed by atoms with Gasteiger partial charge in [0.15, 0.2) is 0 Å². The molecule has 7 nitrogen and oxygen atoms in total. The lowest BCUT2D eigenvalue weighted by molar-refractivity contribution is 0.184. The van der Waals surface area contributed by atoms with Crippen LogP contribution < -0.4 is 4.90 Å². The van der Waals surface area contributed by atoms with Gasteiger partial charge < -0.3 is 10.2 Å². The van der Waals surface area contributed by atoms with Crippen LogP contribution in [0.25, 0.3) is 5.69 Å². The van der Waals surface area contributed by atoms with Gasteiger partial charge in [-0.25, -0.2) is 14.3 Å². The number of amides is 2. The largest absolute Gasteiger partial charge is 0.464 e. The number of aromatic nitrogens is 2. The Labute approximate surface area is 195 Å². The molecule has 0 fully saturated rings. The first kappa shape index (κ1) is 23.6. The maximum absolute atomic E-state index is 11.5. The Morgan fingerprint density at radius 2 is 1.66 bits per heavy atom. The highest BCUT2D eigenvalue weighted by atomic mass is 35.5. The molecule has 32 heavy (non-hydrogen) atoms. The first-order valence-corrected chi connectivity index (χ1v) is 10.8. The van der Waals surface area contributed by atoms with Crippen LogP contribution in [0.1, 0.15) is 41.9 Å². The summed E-state index contributed by atoms with van der Waals surface area (Å²) in [6.45, 7) is 5.72. The minimum atomic E-state index is -1.57. The molecule has 0 saturated carbocycles. The Bertz CT molecular complexity index is 1160. The summed E-state index contributed by atoms with van der Waals surface area (Å²) in [5.41, 5.74) is 5.05. The van der Waals surface area contributed by atoms with Crippen LogP contribution in [-0.4, -0.2) is 32.2 Å². The number of nitrogens with zero attached hydrogens (tertiary/aromatic N) is 3. The second-order valence-corrected chi connectivity index (χ2v) is 8.14. The predicted octanol–water partition coefficient (Wildman–Crippen LogP) is 6.37. The highest BCUT2D eigenvalue weighted by Gasteiger charge is 2.26. The number of anilines is 1. The molecule has 0 aliphatic carbocycles. The Hall–Kier alpha value is -3.03. The summed E-state index contributed by atoms with van der Waals surface area (Å²) in [4.78, 5) is 23.4. The molecule has 1 heterocycles. The van der Waals surface area contributed by atoms with Crippen LogP contribution >= 0.6 is 23.2 Å². The molecule has 9 heteroatoms. The highest BCUT2D eigenvalue weighted by Crippen LogP contribution is 2.30. The number of benzene rings is 2. The van der Waals surface area contributed by atoms with Gasteiger partial charge in [-0.2, -0.15) is 10.00 Å². The molecule has 3 aromatic rings. The topological polar surface area (TPSA) is 95.7 Å². The minimum Gasteiger partial charge on any atom is -0.464 e. The minimum absolute atomic E-state index is 0.0706. The first-order valence-electron chi connectivity index (χ1n) is 10.1. The molecular formula is C23H23Cl2N3O4. The van der Waals surface area contributed by atoms with Crippen LogP contribution in [0.5, 0.6) is 0 Å². The lowest BCUT2D eigenvalue weighted by Gasteiger charge is -2.19. The second-order valence-electron chi connectivity index (χ2n) is 7.27. The monoisotopic (exact) mass is 475 g/mol. The van der Waals surface area contributed by atoms with Crippen molar-refractivity contribution < 1.29 is 19.8 Å². The molecule has 168 valence electrons. The van der Waals surface area contributed by atoms with E-state index < -0.39 is 12.2 Å². The lowest BCUT2D eigenvalue weighted by atomic mass is 10.00. The molecule has 0 atom stereocenters. The molecule has 0 radical (unpaired) electrons. The SMILES string of the molecule is CCc1nn(-c2cccc(N(C(=O)O)C(=O)O)c2C)c(CC)c1Cc1cc(Cl)cc(Cl)c1. The van der Waals surface area contributed by atoms with Gasteiger partial charge in [0.05, 0.1) is 17.1 Å². The Kier molecular flexibility index (Phi) is 7.11. The standard InChI is InChI=1S/C23H23Cl2N3O4/c1-4-18-17(11-14-9-15(24)12-16(25)10-14)19(5-2)28(26-18)21-8-6-7-20(13(21)3)27(22(29)30)23(31)32/h6-10,12H,4-5,11H2,1-3H3,(H,29,30)(H,31,32). The summed E-state index contributed by atoms with van der Waals surface area (Å²) in [5, 5.41) is 24.7. The highest BCUT2D eigenvalue weighted by molar-refractivity contribution is 6.34. The zero-order valence-corrected chi connectivity index (χ0v) is 19.4. The Morgan fingerprint density at radius 1 is 1.03 bits per heavy atom. The zero-order valence-electron chi connectivity index (χ0n) is 17.9. The number of aryl methyl sites for hydroxylation is 1. The van der Waals surface area contributed by atoms with Crippen molar-refractivity contribution in [3.63, 3.8) is 0 Å². The molecule has 0 bridgehead atoms. The summed E-state index contributed by atoms with van der Waals surface area (Å²) in [6.07, 6.45) is -1.19. The van der Waals surface area contributed by atoms with Crippen molar-refractivity contribution in [2.24, 2.45) is 0 Å². The summed E-state index contributed by atoms with van der Waals surface area (Å²) < 4.78 is 1.78. The van der Waals surface area contributed by atoms with E-state index >= 15 is 0 Å². The van der Waals surface area contributed by atoms with Crippen LogP contribution in [0.15, 0.2) is 36.4 Å². The van der Waals surface area contributed by atoms with Crippen LogP contribution in [0.4, 0.5) is 15.3 Å². The van der Waals surface area contributed by atoms with Crippen molar-refractivity contribution in [2.45, 2.75) is 40.0 Å². The average Bonchev–Trinajstić information content (AvgIpc) is 3.05. The van der Waals surface area contributed by atoms with Crippen LogP contribution in [0, 0.1) is 6.92 Å². The van der Waals surface area contributed by atoms with E-state index in [1.807, 2.05) is 26.0 Å². The van der Waals surface area contributed by atoms with E-state index in [9.17, 15) is 19.8 Å². The number of hydrogen-bond acceptors (Lipinski definition) is 3. The van der Waals surface area contributed by atoms with E-state index in [1.54, 1.807) is 29.8 Å². The lowest BCUT2D eigenvalue weighted by Crippen LogP contribution is -2.35. The quantitative estimate of drug-likeness (QED) is 0.431. The fourth-order valence-electron chi connectivity index (χ4n) is 3.87. The molecular weight excluding hydrogens is 453 g/mol. The predicted molar refractivity (Wildman–Crippen MR) is 125 cm³/mol. The van der Waals surface area contributed by atoms with Crippen molar-refractivity contribution in [2.75, 3.05) is 4.90 Å². The third-order valence-electron chi connectivity index (χ3n) is 5.27. The maximum Gasteiger partial charge on any atom is 0.421 e. The fourth-order valence-corrected chi connectivity index (χ4v) is 4.45. The third kappa shape index (κ3) is 4.59. The number of carbonyl (C=O) groups is 2. The van der Waals surface area contributed by atoms with Gasteiger partial charge in [0.2, 0.25) is 0 Å². The molecule has 0 aliphatic heterocycles. The molecule has 2 amide bonds. The molecule has 1 aromatic heterocycles. The molecule has 2 N–H and O–H groups in total. The van der Waals surface area contributed by atoms with Crippen LogP contribution in [0.3, 0.4) is 0 Å². The summed E-state index contributed by atoms with van der Waals surface area (Å²) in [6, 6.07) is 10.3. The third-order valence-corrected chi connectivity index (χ3v) is 5.71. The molecule has 0 unspecified atom stereocenters. The van der Waals surface area contributed by atoms with Crippen molar-refractivity contribution in [3.05, 3.63) is 74.5 Å². The Balaban J connectivity index is 2.17. The molecule has 2 aromatic carbocycles. The number of hydrogen-bond donors (Lipinski definition) is 2. The van der Waals surface area contributed by atoms with E-state index in [0.717, 1.165) is 22.5 Å². The molecule has 0 saturated heterocycles. The van der Waals surface area contributed by atoms with E-state index in [-0.39, 0.29) is 5.69 Å². The van der Waals surface area contributed by atoms with Gasteiger partial charge in [-0.1, -0.05) is 43.1 Å². The van der Waals surface area contributed by atoms with Crippen LogP contribution in [0.2, 0.25) is 10.0 Å². The van der Waals surface area contributed by atoms with Crippen molar-refractivity contribution >= 4 is 41.1 Å². The van der Waals surface area contributed by atoms with Crippen molar-refractivity contribution in [1.29, 1.82) is 0 Å². The van der Waals surface area contributed by atoms with Crippen molar-refractivity contribution in [3.8, 4) is 5.69 Å². The number of imide groups is 1. The number of carboxylic acid groups (broad SMARTS) is 2. The number of halogens is 2. The summed E-state index contributed by atoms with van der Waals surface area (Å²) in [5.74, 6) is 0. The normalized spacial score (nSPS) is 10.9. The van der Waals surface area contributed by atoms with E-state index in [2.05, 4.69) is 0 Å². The van der Waals surface area contributed by atoms with E-state index in [1.165, 1.54) is 6.07 Å². The van der Waals surface area contributed by atoms with Gasteiger partial charge in [0.1, 0.15) is 0 Å². The Morgan fingerprint density at radius 3 is 2.19 bits per heavy atom. The van der Waals surface area contributed by atoms with Gasteiger partial charge >= 0.3 is 12.2 Å². The van der Waals surface area contributed by atoms with Gasteiger partial charge in [-0.3, -0.25) is 0 Å². The number of rotatable bonds is 6. The smallest absolute Gasteiger partial charge is 0.421 e. The summed E-state index contributed by atoms with van der Waals surface area (Å²) >= 11 is 12.4. The molecule has 3 rings (SSSR count). The van der Waals surface area contributed by atoms with Crippen LogP contribution in [-0.2, 0) is 19.3 Å². The summed E-state index contributed by atoms with van der Waals surface area (Å²) in [7, 11) is 0. The van der Waals surface area contributed by atoms with Gasteiger partial charge in [0.25, 0.3) is 0 Å². The van der Waals surface area contributed by atoms with Crippen molar-refractivity contribution in [1.82, 2.24) is 9.78 Å². The molecule has 0 aliphatic rings. The van der Waals surface area contributed by atoms with Gasteiger partial charge in [-0.15, -0.1) is 0 Å². The second kappa shape index (κ2) is 9.63. The average molecular weight is 476 g/mol. The van der Waals surface area contributed by atoms with E-state index in [0.29, 0.717) is 45.5 Å². The van der Waals surface area contributed by atoms with Gasteiger partial charge in [-0.05, 0) is 61.2 Å². The maximum atomic E-state index is 11.5.